The highest BCUT2D eigenvalue weighted by molar-refractivity contribution is 5.69. The van der Waals surface area contributed by atoms with Gasteiger partial charge in [0.1, 0.15) is 0 Å². The van der Waals surface area contributed by atoms with E-state index in [9.17, 15) is 4.79 Å². The van der Waals surface area contributed by atoms with Crippen LogP contribution in [0.25, 0.3) is 0 Å². The van der Waals surface area contributed by atoms with Crippen molar-refractivity contribution in [2.45, 2.75) is 71.1 Å². The van der Waals surface area contributed by atoms with Crippen LogP contribution in [-0.4, -0.2) is 12.6 Å². The number of ether oxygens (including phenoxy) is 1. The third-order valence-electron chi connectivity index (χ3n) is 3.45. The van der Waals surface area contributed by atoms with Crippen molar-refractivity contribution in [3.05, 3.63) is 0 Å². The number of esters is 1. The molecule has 0 aromatic carbocycles. The molecule has 1 aliphatic heterocycles. The van der Waals surface area contributed by atoms with Gasteiger partial charge in [0.25, 0.3) is 0 Å². The van der Waals surface area contributed by atoms with Crippen molar-refractivity contribution in [1.29, 1.82) is 0 Å². The van der Waals surface area contributed by atoms with Crippen molar-refractivity contribution in [2.75, 3.05) is 6.61 Å². The normalized spacial score (nSPS) is 20.8. The van der Waals surface area contributed by atoms with Crippen molar-refractivity contribution in [1.82, 2.24) is 0 Å². The number of hydrogen-bond acceptors (Lipinski definition) is 2. The largest absolute Gasteiger partial charge is 0.465 e. The summed E-state index contributed by atoms with van der Waals surface area (Å²) < 4.78 is 5.06. The molecule has 0 bridgehead atoms. The summed E-state index contributed by atoms with van der Waals surface area (Å²) in [5.41, 5.74) is 0. The van der Waals surface area contributed by atoms with E-state index in [1.165, 1.54) is 51.4 Å². The molecule has 1 heterocycles. The van der Waals surface area contributed by atoms with E-state index in [1.54, 1.807) is 0 Å². The summed E-state index contributed by atoms with van der Waals surface area (Å²) in [5.74, 6) is 0.643. The average molecular weight is 226 g/mol. The lowest BCUT2D eigenvalue weighted by molar-refractivity contribution is -0.149. The van der Waals surface area contributed by atoms with Gasteiger partial charge in [0.2, 0.25) is 0 Å². The second kappa shape index (κ2) is 8.60. The van der Waals surface area contributed by atoms with Crippen LogP contribution < -0.4 is 0 Å². The lowest BCUT2D eigenvalue weighted by Crippen LogP contribution is -2.21. The zero-order valence-electron chi connectivity index (χ0n) is 10.7. The summed E-state index contributed by atoms with van der Waals surface area (Å²) in [6.45, 7) is 2.93. The fourth-order valence-corrected chi connectivity index (χ4v) is 2.31. The van der Waals surface area contributed by atoms with Crippen molar-refractivity contribution >= 4 is 5.97 Å². The van der Waals surface area contributed by atoms with Crippen LogP contribution in [0.5, 0.6) is 0 Å². The van der Waals surface area contributed by atoms with Crippen LogP contribution in [-0.2, 0) is 9.53 Å². The first-order valence-electron chi connectivity index (χ1n) is 6.98. The second-order valence-corrected chi connectivity index (χ2v) is 5.00. The molecule has 0 saturated carbocycles. The molecule has 0 spiro atoms. The molecule has 16 heavy (non-hydrogen) atoms. The molecule has 94 valence electrons. The highest BCUT2D eigenvalue weighted by Gasteiger charge is 2.18. The fraction of sp³-hybridized carbons (Fsp3) is 0.929. The third-order valence-corrected chi connectivity index (χ3v) is 3.45. The Hall–Kier alpha value is -0.530. The zero-order valence-corrected chi connectivity index (χ0v) is 10.7. The molecule has 1 aliphatic rings. The molecular formula is C14H26O2. The predicted molar refractivity (Wildman–Crippen MR) is 66.3 cm³/mol. The second-order valence-electron chi connectivity index (χ2n) is 5.00. The first-order valence-corrected chi connectivity index (χ1v) is 6.98. The molecule has 2 heteroatoms. The van der Waals surface area contributed by atoms with Crippen molar-refractivity contribution < 1.29 is 9.53 Å². The van der Waals surface area contributed by atoms with Crippen LogP contribution in [0.3, 0.4) is 0 Å². The smallest absolute Gasteiger partial charge is 0.305 e. The van der Waals surface area contributed by atoms with E-state index in [-0.39, 0.29) is 5.97 Å². The van der Waals surface area contributed by atoms with Gasteiger partial charge in [0.15, 0.2) is 0 Å². The summed E-state index contributed by atoms with van der Waals surface area (Å²) in [5, 5.41) is 0. The van der Waals surface area contributed by atoms with Crippen LogP contribution in [0.15, 0.2) is 0 Å². The third kappa shape index (κ3) is 6.14. The van der Waals surface area contributed by atoms with Crippen LogP contribution >= 0.6 is 0 Å². The topological polar surface area (TPSA) is 26.3 Å². The van der Waals surface area contributed by atoms with Gasteiger partial charge in [0.05, 0.1) is 6.61 Å². The van der Waals surface area contributed by atoms with E-state index in [0.717, 1.165) is 6.42 Å². The fourth-order valence-electron chi connectivity index (χ4n) is 2.31. The van der Waals surface area contributed by atoms with E-state index in [1.807, 2.05) is 0 Å². The summed E-state index contributed by atoms with van der Waals surface area (Å²) in [7, 11) is 0. The van der Waals surface area contributed by atoms with Gasteiger partial charge in [0, 0.05) is 6.42 Å². The Kier molecular flexibility index (Phi) is 7.28. The highest BCUT2D eigenvalue weighted by atomic mass is 16.5. The first-order chi connectivity index (χ1) is 7.83. The molecule has 2 nitrogen and oxygen atoms in total. The predicted octanol–water partition coefficient (Wildman–Crippen LogP) is 4.08. The molecule has 1 fully saturated rings. The molecule has 0 aromatic rings. The number of carbonyl (C=O) groups is 1. The zero-order chi connectivity index (χ0) is 11.6. The lowest BCUT2D eigenvalue weighted by Gasteiger charge is -2.21. The maximum absolute atomic E-state index is 10.9. The minimum Gasteiger partial charge on any atom is -0.465 e. The first kappa shape index (κ1) is 13.5. The molecule has 1 atom stereocenters. The number of hydrogen-bond donors (Lipinski definition) is 0. The number of rotatable bonds is 8. The molecule has 0 N–H and O–H groups in total. The number of carbonyl (C=O) groups excluding carboxylic acids is 1. The lowest BCUT2D eigenvalue weighted by atomic mass is 9.95. The van der Waals surface area contributed by atoms with E-state index in [2.05, 4.69) is 6.92 Å². The molecule has 0 aliphatic carbocycles. The van der Waals surface area contributed by atoms with Crippen LogP contribution in [0, 0.1) is 5.92 Å². The summed E-state index contributed by atoms with van der Waals surface area (Å²) in [6.07, 6.45) is 12.5. The van der Waals surface area contributed by atoms with Gasteiger partial charge < -0.3 is 4.74 Å². The molecular weight excluding hydrogens is 200 g/mol. The maximum Gasteiger partial charge on any atom is 0.305 e. The quantitative estimate of drug-likeness (QED) is 0.460. The highest BCUT2D eigenvalue weighted by Crippen LogP contribution is 2.21. The Morgan fingerprint density at radius 1 is 1.12 bits per heavy atom. The van der Waals surface area contributed by atoms with Gasteiger partial charge in [-0.25, -0.2) is 0 Å². The standard InChI is InChI=1S/C14H26O2/c1-2-3-4-5-6-7-8-9-13-10-11-14(15)16-12-13/h13H,2-12H2,1H3. The SMILES string of the molecule is CCCCCCCCCC1CCC(=O)OC1. The Bertz CT molecular complexity index is 179. The summed E-state index contributed by atoms with van der Waals surface area (Å²) in [6, 6.07) is 0. The van der Waals surface area contributed by atoms with Gasteiger partial charge in [-0.1, -0.05) is 51.9 Å². The van der Waals surface area contributed by atoms with Gasteiger partial charge >= 0.3 is 5.97 Å². The Morgan fingerprint density at radius 2 is 1.81 bits per heavy atom. The Morgan fingerprint density at radius 3 is 2.44 bits per heavy atom. The molecule has 0 aromatic heterocycles. The number of cyclic esters (lactones) is 1. The molecule has 1 unspecified atom stereocenters. The Balaban J connectivity index is 1.85. The monoisotopic (exact) mass is 226 g/mol. The summed E-state index contributed by atoms with van der Waals surface area (Å²) >= 11 is 0. The van der Waals surface area contributed by atoms with Gasteiger partial charge in [-0.3, -0.25) is 4.79 Å². The van der Waals surface area contributed by atoms with E-state index < -0.39 is 0 Å². The van der Waals surface area contributed by atoms with E-state index in [0.29, 0.717) is 18.9 Å². The van der Waals surface area contributed by atoms with E-state index >= 15 is 0 Å². The molecule has 1 rings (SSSR count). The molecule has 0 radical (unpaired) electrons. The van der Waals surface area contributed by atoms with Gasteiger partial charge in [-0.2, -0.15) is 0 Å². The minimum atomic E-state index is -0.00387. The van der Waals surface area contributed by atoms with Gasteiger partial charge in [-0.15, -0.1) is 0 Å². The van der Waals surface area contributed by atoms with Crippen molar-refractivity contribution in [3.63, 3.8) is 0 Å². The van der Waals surface area contributed by atoms with Crippen LogP contribution in [0.2, 0.25) is 0 Å². The van der Waals surface area contributed by atoms with Crippen LogP contribution in [0.1, 0.15) is 71.1 Å². The minimum absolute atomic E-state index is 0.00387. The van der Waals surface area contributed by atoms with E-state index in [4.69, 9.17) is 4.74 Å². The molecule has 0 amide bonds. The van der Waals surface area contributed by atoms with Crippen molar-refractivity contribution in [3.8, 4) is 0 Å². The number of unbranched alkanes of at least 4 members (excludes halogenated alkanes) is 6. The van der Waals surface area contributed by atoms with Gasteiger partial charge in [-0.05, 0) is 18.8 Å². The van der Waals surface area contributed by atoms with Crippen LogP contribution in [0.4, 0.5) is 0 Å². The maximum atomic E-state index is 10.9. The summed E-state index contributed by atoms with van der Waals surface area (Å²) in [4.78, 5) is 10.9. The Labute approximate surface area is 99.8 Å². The van der Waals surface area contributed by atoms with Crippen molar-refractivity contribution in [2.24, 2.45) is 5.92 Å². The average Bonchev–Trinajstić information content (AvgIpc) is 2.30. The molecule has 1 saturated heterocycles.